The van der Waals surface area contributed by atoms with Crippen molar-refractivity contribution in [2.24, 2.45) is 0 Å². The molecule has 0 aliphatic heterocycles. The number of aryl methyl sites for hydroxylation is 2. The van der Waals surface area contributed by atoms with Crippen LogP contribution >= 0.6 is 0 Å². The Balaban J connectivity index is 1.63. The maximum absolute atomic E-state index is 11.2. The molecule has 1 heterocycles. The van der Waals surface area contributed by atoms with Crippen molar-refractivity contribution in [3.05, 3.63) is 47.5 Å². The number of benzene rings is 2. The molecule has 0 fully saturated rings. The van der Waals surface area contributed by atoms with Gasteiger partial charge < -0.3 is 21.6 Å². The number of nitrogens with zero attached hydrogens (tertiary/aromatic N) is 3. The van der Waals surface area contributed by atoms with Crippen molar-refractivity contribution < 1.29 is 21.6 Å². The second-order valence-corrected chi connectivity index (χ2v) is 33.5. The van der Waals surface area contributed by atoms with Gasteiger partial charge >= 0.3 is 25.7 Å². The third-order valence-electron chi connectivity index (χ3n) is 6.10. The highest BCUT2D eigenvalue weighted by molar-refractivity contribution is 6.90. The Morgan fingerprint density at radius 1 is 0.725 bits per heavy atom. The fourth-order valence-electron chi connectivity index (χ4n) is 5.55. The summed E-state index contributed by atoms with van der Waals surface area (Å²) in [6.07, 6.45) is 1.66. The summed E-state index contributed by atoms with van der Waals surface area (Å²) in [7, 11) is -10.9. The molecule has 0 spiro atoms. The van der Waals surface area contributed by atoms with Gasteiger partial charge in [-0.3, -0.25) is 0 Å². The molecule has 3 rings (SSSR count). The Morgan fingerprint density at radius 2 is 1.23 bits per heavy atom. The van der Waals surface area contributed by atoms with Crippen LogP contribution in [-0.2, 0) is 22.9 Å². The molecule has 1 aromatic heterocycles. The SMILES string of the molecule is Cc1cc(CCC[Si](C)(C)O[Si](C)(C)O[Si](C)(C)O[Si](C)(C)O[Si](C)(C)C)c(O)c(-n2nc3ccccc3n2)c1. The highest BCUT2D eigenvalue weighted by Crippen LogP contribution is 2.31. The Hall–Kier alpha value is -1.44. The van der Waals surface area contributed by atoms with E-state index in [1.54, 1.807) is 0 Å². The number of hydrogen-bond acceptors (Lipinski definition) is 7. The lowest BCUT2D eigenvalue weighted by Crippen LogP contribution is -2.58. The van der Waals surface area contributed by atoms with Crippen LogP contribution in [0.4, 0.5) is 0 Å². The first-order valence-electron chi connectivity index (χ1n) is 14.1. The Bertz CT molecular complexity index is 1290. The fourth-order valence-corrected chi connectivity index (χ4v) is 29.3. The maximum atomic E-state index is 11.2. The first-order valence-corrected chi connectivity index (χ1v) is 29.1. The molecule has 0 radical (unpaired) electrons. The molecule has 0 atom stereocenters. The minimum atomic E-state index is -2.45. The summed E-state index contributed by atoms with van der Waals surface area (Å²) >= 11 is 0. The summed E-state index contributed by atoms with van der Waals surface area (Å²) in [6, 6.07) is 12.7. The van der Waals surface area contributed by atoms with Gasteiger partial charge in [0.2, 0.25) is 0 Å². The van der Waals surface area contributed by atoms with E-state index in [0.717, 1.165) is 41.0 Å². The van der Waals surface area contributed by atoms with Gasteiger partial charge in [0, 0.05) is 0 Å². The molecular formula is C27H49N3O5Si5. The number of aromatic nitrogens is 3. The average Bonchev–Trinajstić information content (AvgIpc) is 3.15. The van der Waals surface area contributed by atoms with E-state index in [-0.39, 0.29) is 5.75 Å². The van der Waals surface area contributed by atoms with Crippen LogP contribution in [0, 0.1) is 6.92 Å². The smallest absolute Gasteiger partial charge is 0.314 e. The molecule has 0 amide bonds. The average molecular weight is 636 g/mol. The van der Waals surface area contributed by atoms with Crippen molar-refractivity contribution in [2.45, 2.75) is 97.8 Å². The minimum absolute atomic E-state index is 0.238. The van der Waals surface area contributed by atoms with Crippen molar-refractivity contribution >= 4 is 53.4 Å². The lowest BCUT2D eigenvalue weighted by molar-refractivity contribution is 0.299. The number of aromatic hydroxyl groups is 1. The predicted octanol–water partition coefficient (Wildman–Crippen LogP) is 7.58. The third-order valence-corrected chi connectivity index (χ3v) is 24.1. The van der Waals surface area contributed by atoms with Crippen LogP contribution in [0.2, 0.25) is 78.1 Å². The number of phenolic OH excluding ortho intramolecular Hbond substituents is 1. The van der Waals surface area contributed by atoms with Gasteiger partial charge in [-0.05, 0) is 127 Å². The summed E-state index contributed by atoms with van der Waals surface area (Å²) in [5, 5.41) is 20.3. The van der Waals surface area contributed by atoms with E-state index in [9.17, 15) is 5.11 Å². The number of hydrogen-bond donors (Lipinski definition) is 1. The van der Waals surface area contributed by atoms with Gasteiger partial charge in [0.15, 0.2) is 16.6 Å². The highest BCUT2D eigenvalue weighted by atomic mass is 28.5. The third kappa shape index (κ3) is 9.84. The number of rotatable bonds is 13. The Labute approximate surface area is 246 Å². The normalized spacial score (nSPS) is 13.8. The van der Waals surface area contributed by atoms with E-state index >= 15 is 0 Å². The highest BCUT2D eigenvalue weighted by Gasteiger charge is 2.45. The molecule has 40 heavy (non-hydrogen) atoms. The lowest BCUT2D eigenvalue weighted by Gasteiger charge is -2.42. The number of phenols is 1. The zero-order valence-corrected chi connectivity index (χ0v) is 31.5. The molecule has 2 aromatic carbocycles. The van der Waals surface area contributed by atoms with Crippen LogP contribution in [0.1, 0.15) is 17.5 Å². The van der Waals surface area contributed by atoms with Crippen molar-refractivity contribution in [1.29, 1.82) is 0 Å². The van der Waals surface area contributed by atoms with Gasteiger partial charge in [-0.15, -0.1) is 15.0 Å². The summed E-state index contributed by atoms with van der Waals surface area (Å²) < 4.78 is 26.5. The van der Waals surface area contributed by atoms with Gasteiger partial charge in [0.05, 0.1) is 0 Å². The molecule has 13 heteroatoms. The first-order chi connectivity index (χ1) is 18.2. The zero-order chi connectivity index (χ0) is 30.1. The zero-order valence-electron chi connectivity index (χ0n) is 26.5. The molecule has 0 saturated carbocycles. The van der Waals surface area contributed by atoms with Crippen LogP contribution in [0.3, 0.4) is 0 Å². The lowest BCUT2D eigenvalue weighted by atomic mass is 10.0. The molecule has 0 unspecified atom stereocenters. The van der Waals surface area contributed by atoms with Gasteiger partial charge in [0.25, 0.3) is 0 Å². The summed E-state index contributed by atoms with van der Waals surface area (Å²) in [5.74, 6) is 0.238. The standard InChI is InChI=1S/C27H49N3O5Si5/c1-22-20-23(27(31)26(21-22)30-28-24-17-13-14-18-25(24)29-30)16-15-19-37(5,6)33-39(9,10)35-40(11,12)34-38(7,8)32-36(2,3)4/h13-14,17-18,20-21,31H,15-16,19H2,1-12H3. The monoisotopic (exact) mass is 635 g/mol. The Morgan fingerprint density at radius 3 is 1.75 bits per heavy atom. The van der Waals surface area contributed by atoms with Gasteiger partial charge in [-0.2, -0.15) is 0 Å². The van der Waals surface area contributed by atoms with E-state index in [4.69, 9.17) is 16.5 Å². The van der Waals surface area contributed by atoms with Crippen LogP contribution in [0.25, 0.3) is 16.7 Å². The van der Waals surface area contributed by atoms with Gasteiger partial charge in [-0.25, -0.2) is 0 Å². The fraction of sp³-hybridized carbons (Fsp3) is 0.556. The largest absolute Gasteiger partial charge is 0.505 e. The Kier molecular flexibility index (Phi) is 9.96. The molecule has 1 N–H and O–H groups in total. The summed E-state index contributed by atoms with van der Waals surface area (Å²) in [4.78, 5) is 1.54. The molecule has 0 saturated heterocycles. The molecule has 0 aliphatic carbocycles. The topological polar surface area (TPSA) is 87.9 Å². The van der Waals surface area contributed by atoms with Crippen LogP contribution < -0.4 is 0 Å². The molecule has 0 aliphatic rings. The maximum Gasteiger partial charge on any atom is 0.314 e. The second-order valence-electron chi connectivity index (χ2n) is 13.6. The first kappa shape index (κ1) is 33.1. The van der Waals surface area contributed by atoms with E-state index in [0.29, 0.717) is 5.69 Å². The second kappa shape index (κ2) is 12.0. The summed E-state index contributed by atoms with van der Waals surface area (Å²) in [5.41, 5.74) is 4.18. The summed E-state index contributed by atoms with van der Waals surface area (Å²) in [6.45, 7) is 25.9. The number of fused-ring (bicyclic) bond motifs is 1. The van der Waals surface area contributed by atoms with Crippen molar-refractivity contribution in [1.82, 2.24) is 15.0 Å². The predicted molar refractivity (Wildman–Crippen MR) is 176 cm³/mol. The van der Waals surface area contributed by atoms with Crippen molar-refractivity contribution in [3.63, 3.8) is 0 Å². The van der Waals surface area contributed by atoms with E-state index in [1.165, 1.54) is 4.80 Å². The van der Waals surface area contributed by atoms with E-state index in [2.05, 4.69) is 88.3 Å². The van der Waals surface area contributed by atoms with E-state index < -0.39 is 42.3 Å². The van der Waals surface area contributed by atoms with Crippen LogP contribution in [-0.4, -0.2) is 62.4 Å². The van der Waals surface area contributed by atoms with Crippen molar-refractivity contribution in [2.75, 3.05) is 0 Å². The molecular weight excluding hydrogens is 587 g/mol. The minimum Gasteiger partial charge on any atom is -0.505 e. The molecule has 8 nitrogen and oxygen atoms in total. The quantitative estimate of drug-likeness (QED) is 0.194. The molecule has 222 valence electrons. The van der Waals surface area contributed by atoms with Gasteiger partial charge in [-0.1, -0.05) is 18.2 Å². The molecule has 0 bridgehead atoms. The molecule has 3 aromatic rings. The van der Waals surface area contributed by atoms with Crippen LogP contribution in [0.15, 0.2) is 36.4 Å². The van der Waals surface area contributed by atoms with E-state index in [1.807, 2.05) is 37.3 Å². The van der Waals surface area contributed by atoms with Crippen molar-refractivity contribution in [3.8, 4) is 11.4 Å². The van der Waals surface area contributed by atoms with Crippen LogP contribution in [0.5, 0.6) is 5.75 Å². The van der Waals surface area contributed by atoms with Gasteiger partial charge in [0.1, 0.15) is 22.5 Å².